The first-order valence-electron chi connectivity index (χ1n) is 7.56. The van der Waals surface area contributed by atoms with Gasteiger partial charge in [0.05, 0.1) is 5.56 Å². The van der Waals surface area contributed by atoms with Crippen molar-refractivity contribution in [3.63, 3.8) is 0 Å². The molecule has 0 aromatic heterocycles. The van der Waals surface area contributed by atoms with Crippen LogP contribution in [0.3, 0.4) is 0 Å². The third-order valence-electron chi connectivity index (χ3n) is 4.15. The highest BCUT2D eigenvalue weighted by Gasteiger charge is 2.37. The summed E-state index contributed by atoms with van der Waals surface area (Å²) < 4.78 is 38.4. The first kappa shape index (κ1) is 16.3. The van der Waals surface area contributed by atoms with Crippen LogP contribution in [-0.4, -0.2) is 18.5 Å². The minimum Gasteiger partial charge on any atom is -0.312 e. The Labute approximate surface area is 138 Å². The molecular weight excluding hydrogens is 323 g/mol. The van der Waals surface area contributed by atoms with Crippen LogP contribution >= 0.6 is 11.6 Å². The highest BCUT2D eigenvalue weighted by molar-refractivity contribution is 6.18. The SMILES string of the molecule is FC(F)(F)c1cccc(-c2ccc(C3CC3NCCCl)cc2)c1. The van der Waals surface area contributed by atoms with E-state index in [4.69, 9.17) is 11.6 Å². The van der Waals surface area contributed by atoms with Crippen molar-refractivity contribution in [1.29, 1.82) is 0 Å². The zero-order valence-corrected chi connectivity index (χ0v) is 13.2. The summed E-state index contributed by atoms with van der Waals surface area (Å²) in [5.74, 6) is 1.08. The first-order valence-corrected chi connectivity index (χ1v) is 8.09. The van der Waals surface area contributed by atoms with Crippen LogP contribution in [0.2, 0.25) is 0 Å². The molecule has 23 heavy (non-hydrogen) atoms. The molecule has 122 valence electrons. The van der Waals surface area contributed by atoms with Crippen LogP contribution in [0.5, 0.6) is 0 Å². The summed E-state index contributed by atoms with van der Waals surface area (Å²) in [5.41, 5.74) is 1.98. The van der Waals surface area contributed by atoms with Gasteiger partial charge in [-0.25, -0.2) is 0 Å². The molecule has 0 saturated heterocycles. The van der Waals surface area contributed by atoms with Crippen molar-refractivity contribution in [3.05, 3.63) is 59.7 Å². The Morgan fingerprint density at radius 1 is 1.04 bits per heavy atom. The standard InChI is InChI=1S/C18H17ClF3N/c19-8-9-23-17-11-16(17)13-6-4-12(5-7-13)14-2-1-3-15(10-14)18(20,21)22/h1-7,10,16-17,23H,8-9,11H2. The van der Waals surface area contributed by atoms with Crippen LogP contribution in [0, 0.1) is 0 Å². The summed E-state index contributed by atoms with van der Waals surface area (Å²) in [7, 11) is 0. The van der Waals surface area contributed by atoms with E-state index in [9.17, 15) is 13.2 Å². The van der Waals surface area contributed by atoms with Gasteiger partial charge in [0.15, 0.2) is 0 Å². The zero-order chi connectivity index (χ0) is 16.4. The molecule has 0 bridgehead atoms. The van der Waals surface area contributed by atoms with Crippen molar-refractivity contribution in [2.45, 2.75) is 24.6 Å². The molecule has 1 aliphatic rings. The van der Waals surface area contributed by atoms with Crippen LogP contribution in [-0.2, 0) is 6.18 Å². The predicted octanol–water partition coefficient (Wildman–Crippen LogP) is 5.06. The lowest BCUT2D eigenvalue weighted by atomic mass is 10.0. The number of hydrogen-bond acceptors (Lipinski definition) is 1. The van der Waals surface area contributed by atoms with E-state index in [-0.39, 0.29) is 0 Å². The molecule has 2 unspecified atom stereocenters. The summed E-state index contributed by atoms with van der Waals surface area (Å²) in [6, 6.07) is 13.7. The van der Waals surface area contributed by atoms with Crippen LogP contribution in [0.4, 0.5) is 13.2 Å². The molecule has 0 heterocycles. The predicted molar refractivity (Wildman–Crippen MR) is 86.7 cm³/mol. The normalized spacial score (nSPS) is 20.5. The highest BCUT2D eigenvalue weighted by Crippen LogP contribution is 2.41. The van der Waals surface area contributed by atoms with E-state index in [1.165, 1.54) is 17.7 Å². The molecule has 1 aliphatic carbocycles. The van der Waals surface area contributed by atoms with E-state index in [2.05, 4.69) is 5.32 Å². The fourth-order valence-corrected chi connectivity index (χ4v) is 2.94. The molecule has 0 spiro atoms. The van der Waals surface area contributed by atoms with Gasteiger partial charge in [-0.15, -0.1) is 11.6 Å². The molecule has 5 heteroatoms. The fourth-order valence-electron chi connectivity index (χ4n) is 2.83. The first-order chi connectivity index (χ1) is 11.0. The van der Waals surface area contributed by atoms with Gasteiger partial charge in [0.1, 0.15) is 0 Å². The van der Waals surface area contributed by atoms with Gasteiger partial charge in [-0.3, -0.25) is 0 Å². The second kappa shape index (κ2) is 6.54. The van der Waals surface area contributed by atoms with Gasteiger partial charge in [0, 0.05) is 24.4 Å². The molecule has 2 aromatic rings. The number of benzene rings is 2. The van der Waals surface area contributed by atoms with Gasteiger partial charge in [0.25, 0.3) is 0 Å². The Hall–Kier alpha value is -1.52. The largest absolute Gasteiger partial charge is 0.416 e. The summed E-state index contributed by atoms with van der Waals surface area (Å²) >= 11 is 5.66. The van der Waals surface area contributed by atoms with Gasteiger partial charge >= 0.3 is 6.18 Å². The third-order valence-corrected chi connectivity index (χ3v) is 4.34. The minimum atomic E-state index is -4.31. The minimum absolute atomic E-state index is 0.466. The van der Waals surface area contributed by atoms with Crippen molar-refractivity contribution >= 4 is 11.6 Å². The molecule has 1 nitrogen and oxygen atoms in total. The van der Waals surface area contributed by atoms with E-state index < -0.39 is 11.7 Å². The van der Waals surface area contributed by atoms with Crippen LogP contribution < -0.4 is 5.32 Å². The average Bonchev–Trinajstić information content (AvgIpc) is 3.32. The summed E-state index contributed by atoms with van der Waals surface area (Å²) in [4.78, 5) is 0. The average molecular weight is 340 g/mol. The second-order valence-electron chi connectivity index (χ2n) is 5.79. The van der Waals surface area contributed by atoms with E-state index in [1.54, 1.807) is 6.07 Å². The second-order valence-corrected chi connectivity index (χ2v) is 6.17. The Balaban J connectivity index is 1.73. The number of rotatable bonds is 5. The Morgan fingerprint density at radius 2 is 1.78 bits per heavy atom. The monoisotopic (exact) mass is 339 g/mol. The molecule has 2 aromatic carbocycles. The number of hydrogen-bond donors (Lipinski definition) is 1. The van der Waals surface area contributed by atoms with Crippen LogP contribution in [0.25, 0.3) is 11.1 Å². The maximum atomic E-state index is 12.8. The van der Waals surface area contributed by atoms with Gasteiger partial charge in [0.2, 0.25) is 0 Å². The molecule has 0 aliphatic heterocycles. The maximum absolute atomic E-state index is 12.8. The Morgan fingerprint density at radius 3 is 2.43 bits per heavy atom. The molecular formula is C18H17ClF3N. The van der Waals surface area contributed by atoms with Gasteiger partial charge in [-0.05, 0) is 35.2 Å². The van der Waals surface area contributed by atoms with Crippen molar-refractivity contribution in [3.8, 4) is 11.1 Å². The molecule has 1 saturated carbocycles. The van der Waals surface area contributed by atoms with E-state index in [0.717, 1.165) is 24.6 Å². The summed E-state index contributed by atoms with van der Waals surface area (Å²) in [5, 5.41) is 3.37. The van der Waals surface area contributed by atoms with E-state index in [1.807, 2.05) is 24.3 Å². The maximum Gasteiger partial charge on any atom is 0.416 e. The fraction of sp³-hybridized carbons (Fsp3) is 0.333. The molecule has 0 radical (unpaired) electrons. The number of nitrogens with one attached hydrogen (secondary N) is 1. The Kier molecular flexibility index (Phi) is 4.64. The molecule has 3 rings (SSSR count). The molecule has 1 fully saturated rings. The quantitative estimate of drug-likeness (QED) is 0.751. The van der Waals surface area contributed by atoms with Crippen molar-refractivity contribution in [1.82, 2.24) is 5.32 Å². The number of halogens is 4. The number of alkyl halides is 4. The molecule has 2 atom stereocenters. The van der Waals surface area contributed by atoms with E-state index in [0.29, 0.717) is 23.4 Å². The summed E-state index contributed by atoms with van der Waals surface area (Å²) in [6.45, 7) is 0.797. The lowest BCUT2D eigenvalue weighted by molar-refractivity contribution is -0.137. The lowest BCUT2D eigenvalue weighted by Crippen LogP contribution is -2.20. The van der Waals surface area contributed by atoms with Crippen molar-refractivity contribution in [2.75, 3.05) is 12.4 Å². The lowest BCUT2D eigenvalue weighted by Gasteiger charge is -2.09. The van der Waals surface area contributed by atoms with E-state index >= 15 is 0 Å². The van der Waals surface area contributed by atoms with Crippen molar-refractivity contribution < 1.29 is 13.2 Å². The molecule has 1 N–H and O–H groups in total. The third kappa shape index (κ3) is 3.88. The molecule has 0 amide bonds. The van der Waals surface area contributed by atoms with Gasteiger partial charge in [-0.2, -0.15) is 13.2 Å². The van der Waals surface area contributed by atoms with Crippen molar-refractivity contribution in [2.24, 2.45) is 0 Å². The Bertz CT molecular complexity index is 667. The summed E-state index contributed by atoms with van der Waals surface area (Å²) in [6.07, 6.45) is -3.23. The zero-order valence-electron chi connectivity index (χ0n) is 12.4. The van der Waals surface area contributed by atoms with Crippen LogP contribution in [0.1, 0.15) is 23.5 Å². The highest BCUT2D eigenvalue weighted by atomic mass is 35.5. The smallest absolute Gasteiger partial charge is 0.312 e. The van der Waals surface area contributed by atoms with Crippen LogP contribution in [0.15, 0.2) is 48.5 Å². The topological polar surface area (TPSA) is 12.0 Å². The van der Waals surface area contributed by atoms with Gasteiger partial charge in [-0.1, -0.05) is 36.4 Å². The van der Waals surface area contributed by atoms with Gasteiger partial charge < -0.3 is 5.32 Å².